The molecule has 1 aromatic rings. The van der Waals surface area contributed by atoms with Crippen LogP contribution in [-0.2, 0) is 4.79 Å². The highest BCUT2D eigenvalue weighted by molar-refractivity contribution is 5.67. The van der Waals surface area contributed by atoms with Crippen molar-refractivity contribution >= 4 is 11.7 Å². The number of nitrogens with zero attached hydrogens (tertiary/aromatic N) is 1. The molecule has 0 amide bonds. The number of carboxylic acid groups (broad SMARTS) is 1. The van der Waals surface area contributed by atoms with Gasteiger partial charge in [0.25, 0.3) is 0 Å². The van der Waals surface area contributed by atoms with Gasteiger partial charge in [-0.2, -0.15) is 0 Å². The molecule has 0 unspecified atom stereocenters. The van der Waals surface area contributed by atoms with Gasteiger partial charge in [-0.3, -0.25) is 4.79 Å². The molecule has 0 spiro atoms. The van der Waals surface area contributed by atoms with Crippen LogP contribution in [0.4, 0.5) is 5.69 Å². The lowest BCUT2D eigenvalue weighted by molar-refractivity contribution is -0.136. The van der Waals surface area contributed by atoms with Crippen molar-refractivity contribution in [3.8, 4) is 5.75 Å². The minimum Gasteiger partial charge on any atom is -0.494 e. The van der Waals surface area contributed by atoms with E-state index in [2.05, 4.69) is 11.8 Å². The average Bonchev–Trinajstić information content (AvgIpc) is 2.35. The van der Waals surface area contributed by atoms with Crippen LogP contribution in [0.1, 0.15) is 26.7 Å². The second kappa shape index (κ2) is 7.58. The number of carboxylic acids is 1. The number of ether oxygens (including phenoxy) is 1. The van der Waals surface area contributed by atoms with Crippen LogP contribution < -0.4 is 9.64 Å². The minimum absolute atomic E-state index is 0.152. The maximum Gasteiger partial charge on any atom is 0.305 e. The molecular formula is C14H21NO3. The van der Waals surface area contributed by atoms with Crippen LogP contribution >= 0.6 is 0 Å². The summed E-state index contributed by atoms with van der Waals surface area (Å²) in [6, 6.07) is 7.79. The van der Waals surface area contributed by atoms with E-state index >= 15 is 0 Å². The molecule has 0 aromatic heterocycles. The Morgan fingerprint density at radius 2 is 2.11 bits per heavy atom. The monoisotopic (exact) mass is 251 g/mol. The fourth-order valence-corrected chi connectivity index (χ4v) is 1.81. The zero-order valence-electron chi connectivity index (χ0n) is 11.1. The fraction of sp³-hybridized carbons (Fsp3) is 0.500. The predicted molar refractivity (Wildman–Crippen MR) is 72.4 cm³/mol. The van der Waals surface area contributed by atoms with Crippen molar-refractivity contribution in [1.29, 1.82) is 0 Å². The number of rotatable bonds is 8. The fourth-order valence-electron chi connectivity index (χ4n) is 1.81. The maximum atomic E-state index is 10.7. The third-order valence-corrected chi connectivity index (χ3v) is 2.58. The lowest BCUT2D eigenvalue weighted by atomic mass is 10.2. The molecule has 0 fully saturated rings. The summed E-state index contributed by atoms with van der Waals surface area (Å²) in [7, 11) is 0. The first-order valence-corrected chi connectivity index (χ1v) is 6.37. The molecule has 18 heavy (non-hydrogen) atoms. The zero-order chi connectivity index (χ0) is 13.4. The Labute approximate surface area is 108 Å². The van der Waals surface area contributed by atoms with Gasteiger partial charge >= 0.3 is 5.97 Å². The van der Waals surface area contributed by atoms with Crippen LogP contribution in [0.25, 0.3) is 0 Å². The van der Waals surface area contributed by atoms with Crippen LogP contribution in [0.5, 0.6) is 5.75 Å². The topological polar surface area (TPSA) is 49.8 Å². The molecule has 4 nitrogen and oxygen atoms in total. The largest absolute Gasteiger partial charge is 0.494 e. The number of hydrogen-bond acceptors (Lipinski definition) is 3. The summed E-state index contributed by atoms with van der Waals surface area (Å²) < 4.78 is 5.46. The van der Waals surface area contributed by atoms with E-state index in [0.717, 1.165) is 24.4 Å². The van der Waals surface area contributed by atoms with Crippen molar-refractivity contribution < 1.29 is 14.6 Å². The molecule has 0 aliphatic rings. The van der Waals surface area contributed by atoms with E-state index in [4.69, 9.17) is 9.84 Å². The summed E-state index contributed by atoms with van der Waals surface area (Å²) in [6.07, 6.45) is 1.14. The second-order valence-corrected chi connectivity index (χ2v) is 4.06. The first-order chi connectivity index (χ1) is 8.67. The molecule has 100 valence electrons. The second-order valence-electron chi connectivity index (χ2n) is 4.06. The van der Waals surface area contributed by atoms with Gasteiger partial charge in [-0.15, -0.1) is 0 Å². The summed E-state index contributed by atoms with van der Waals surface area (Å²) in [6.45, 7) is 6.04. The van der Waals surface area contributed by atoms with E-state index in [1.165, 1.54) is 0 Å². The molecule has 4 heteroatoms. The number of carbonyl (C=O) groups is 1. The van der Waals surface area contributed by atoms with Crippen molar-refractivity contribution in [3.05, 3.63) is 24.3 Å². The summed E-state index contributed by atoms with van der Waals surface area (Å²) in [5, 5.41) is 8.76. The Balaban J connectivity index is 2.76. The third kappa shape index (κ3) is 4.65. The van der Waals surface area contributed by atoms with Gasteiger partial charge in [0.15, 0.2) is 0 Å². The Kier molecular flexibility index (Phi) is 6.05. The van der Waals surface area contributed by atoms with Gasteiger partial charge in [0, 0.05) is 24.8 Å². The van der Waals surface area contributed by atoms with E-state index in [1.807, 2.05) is 31.2 Å². The normalized spacial score (nSPS) is 10.1. The summed E-state index contributed by atoms with van der Waals surface area (Å²) in [4.78, 5) is 12.7. The lowest BCUT2D eigenvalue weighted by Gasteiger charge is -2.24. The van der Waals surface area contributed by atoms with Gasteiger partial charge in [0.2, 0.25) is 0 Å². The smallest absolute Gasteiger partial charge is 0.305 e. The highest BCUT2D eigenvalue weighted by atomic mass is 16.5. The first kappa shape index (κ1) is 14.4. The average molecular weight is 251 g/mol. The molecule has 1 N–H and O–H groups in total. The van der Waals surface area contributed by atoms with Gasteiger partial charge in [-0.1, -0.05) is 13.0 Å². The Hall–Kier alpha value is -1.71. The quantitative estimate of drug-likeness (QED) is 0.772. The molecule has 0 bridgehead atoms. The van der Waals surface area contributed by atoms with Crippen LogP contribution in [0.2, 0.25) is 0 Å². The predicted octanol–water partition coefficient (Wildman–Crippen LogP) is 2.78. The Morgan fingerprint density at radius 1 is 1.33 bits per heavy atom. The van der Waals surface area contributed by atoms with E-state index in [0.29, 0.717) is 13.2 Å². The number of anilines is 1. The van der Waals surface area contributed by atoms with Crippen LogP contribution in [0.15, 0.2) is 24.3 Å². The van der Waals surface area contributed by atoms with E-state index in [9.17, 15) is 4.79 Å². The van der Waals surface area contributed by atoms with E-state index in [-0.39, 0.29) is 6.42 Å². The number of hydrogen-bond donors (Lipinski definition) is 1. The molecule has 0 heterocycles. The van der Waals surface area contributed by atoms with Crippen LogP contribution in [-0.4, -0.2) is 30.8 Å². The number of aliphatic carboxylic acids is 1. The van der Waals surface area contributed by atoms with E-state index < -0.39 is 5.97 Å². The van der Waals surface area contributed by atoms with Crippen molar-refractivity contribution in [2.75, 3.05) is 24.6 Å². The molecule has 1 aromatic carbocycles. The number of benzene rings is 1. The summed E-state index contributed by atoms with van der Waals surface area (Å²) in [5.74, 6) is 0.0588. The molecular weight excluding hydrogens is 230 g/mol. The van der Waals surface area contributed by atoms with Crippen molar-refractivity contribution in [1.82, 2.24) is 0 Å². The van der Waals surface area contributed by atoms with Gasteiger partial charge in [-0.05, 0) is 25.5 Å². The third-order valence-electron chi connectivity index (χ3n) is 2.58. The highest BCUT2D eigenvalue weighted by Gasteiger charge is 2.08. The van der Waals surface area contributed by atoms with Gasteiger partial charge in [0.05, 0.1) is 13.0 Å². The first-order valence-electron chi connectivity index (χ1n) is 6.37. The molecule has 0 saturated carbocycles. The molecule has 0 radical (unpaired) electrons. The van der Waals surface area contributed by atoms with Crippen LogP contribution in [0.3, 0.4) is 0 Å². The molecule has 1 rings (SSSR count). The van der Waals surface area contributed by atoms with Gasteiger partial charge in [-0.25, -0.2) is 0 Å². The van der Waals surface area contributed by atoms with Crippen LogP contribution in [0, 0.1) is 0 Å². The zero-order valence-corrected chi connectivity index (χ0v) is 11.1. The van der Waals surface area contributed by atoms with Crippen molar-refractivity contribution in [2.24, 2.45) is 0 Å². The summed E-state index contributed by atoms with van der Waals surface area (Å²) >= 11 is 0. The molecule has 0 atom stereocenters. The molecule has 0 saturated heterocycles. The van der Waals surface area contributed by atoms with Crippen molar-refractivity contribution in [3.63, 3.8) is 0 Å². The minimum atomic E-state index is -0.767. The van der Waals surface area contributed by atoms with E-state index in [1.54, 1.807) is 0 Å². The molecule has 0 aliphatic heterocycles. The molecule has 0 aliphatic carbocycles. The van der Waals surface area contributed by atoms with Gasteiger partial charge in [0.1, 0.15) is 5.75 Å². The maximum absolute atomic E-state index is 10.7. The van der Waals surface area contributed by atoms with Crippen molar-refractivity contribution in [2.45, 2.75) is 26.7 Å². The highest BCUT2D eigenvalue weighted by Crippen LogP contribution is 2.21. The van der Waals surface area contributed by atoms with Gasteiger partial charge < -0.3 is 14.7 Å². The Morgan fingerprint density at radius 3 is 2.72 bits per heavy atom. The summed E-state index contributed by atoms with van der Waals surface area (Å²) in [5.41, 5.74) is 1.02. The SMILES string of the molecule is CCCN(CCC(=O)O)c1cccc(OCC)c1. The standard InChI is InChI=1S/C14H21NO3/c1-3-9-15(10-8-14(16)17)12-6-5-7-13(11-12)18-4-2/h5-7,11H,3-4,8-10H2,1-2H3,(H,16,17). The Bertz CT molecular complexity index is 379. The lowest BCUT2D eigenvalue weighted by Crippen LogP contribution is -2.26.